The van der Waals surface area contributed by atoms with E-state index in [1.165, 1.54) is 28.5 Å². The Kier molecular flexibility index (Phi) is 4.96. The van der Waals surface area contributed by atoms with Crippen LogP contribution in [0.1, 0.15) is 20.8 Å². The Balaban J connectivity index is 1.54. The van der Waals surface area contributed by atoms with Crippen molar-refractivity contribution in [3.8, 4) is 11.3 Å². The van der Waals surface area contributed by atoms with Crippen LogP contribution >= 0.6 is 11.3 Å². The Morgan fingerprint density at radius 2 is 2.00 bits per heavy atom. The summed E-state index contributed by atoms with van der Waals surface area (Å²) < 4.78 is 15.9. The van der Waals surface area contributed by atoms with Gasteiger partial charge in [0.2, 0.25) is 0 Å². The molecule has 0 spiro atoms. The second kappa shape index (κ2) is 7.56. The number of carbonyl (C=O) groups is 1. The zero-order chi connectivity index (χ0) is 19.7. The summed E-state index contributed by atoms with van der Waals surface area (Å²) in [5.41, 5.74) is 3.41. The van der Waals surface area contributed by atoms with E-state index in [9.17, 15) is 9.18 Å². The standard InChI is InChI=1S/C22H20FN3OS/c1-14-6-5-7-15(12-14)10-11-24-21(27)19-13-17-20(25-26(2)22(17)28-19)16-8-3-4-9-18(16)23/h3-9,12-13H,10-11H2,1-2H3,(H,24,27). The topological polar surface area (TPSA) is 46.9 Å². The van der Waals surface area contributed by atoms with Gasteiger partial charge in [0.25, 0.3) is 5.91 Å². The average Bonchev–Trinajstić information content (AvgIpc) is 3.23. The van der Waals surface area contributed by atoms with Crippen LogP contribution in [0.25, 0.3) is 21.5 Å². The van der Waals surface area contributed by atoms with Crippen LogP contribution in [0.3, 0.4) is 0 Å². The van der Waals surface area contributed by atoms with Crippen LogP contribution in [0.15, 0.2) is 54.6 Å². The average molecular weight is 393 g/mol. The molecule has 0 atom stereocenters. The summed E-state index contributed by atoms with van der Waals surface area (Å²) in [6.45, 7) is 2.62. The van der Waals surface area contributed by atoms with Crippen molar-refractivity contribution in [2.45, 2.75) is 13.3 Å². The highest BCUT2D eigenvalue weighted by atomic mass is 32.1. The molecule has 0 aliphatic rings. The summed E-state index contributed by atoms with van der Waals surface area (Å²) in [6.07, 6.45) is 0.778. The van der Waals surface area contributed by atoms with Gasteiger partial charge in [-0.3, -0.25) is 9.48 Å². The van der Waals surface area contributed by atoms with Crippen molar-refractivity contribution in [2.75, 3.05) is 6.54 Å². The second-order valence-corrected chi connectivity index (χ2v) is 7.81. The molecule has 0 aliphatic heterocycles. The molecule has 0 saturated heterocycles. The first-order valence-electron chi connectivity index (χ1n) is 9.08. The third-order valence-corrected chi connectivity index (χ3v) is 5.85. The molecular formula is C22H20FN3OS. The fraction of sp³-hybridized carbons (Fsp3) is 0.182. The molecule has 4 rings (SSSR count). The van der Waals surface area contributed by atoms with Crippen LogP contribution < -0.4 is 5.32 Å². The maximum atomic E-state index is 14.2. The van der Waals surface area contributed by atoms with Gasteiger partial charge in [0.05, 0.1) is 4.88 Å². The molecule has 28 heavy (non-hydrogen) atoms. The SMILES string of the molecule is Cc1cccc(CCNC(=O)c2cc3c(-c4ccccc4F)nn(C)c3s2)c1. The highest BCUT2D eigenvalue weighted by Gasteiger charge is 2.19. The third-order valence-electron chi connectivity index (χ3n) is 4.65. The summed E-state index contributed by atoms with van der Waals surface area (Å²) >= 11 is 1.37. The van der Waals surface area contributed by atoms with Crippen molar-refractivity contribution in [3.05, 3.63) is 76.4 Å². The number of hydrogen-bond donors (Lipinski definition) is 1. The van der Waals surface area contributed by atoms with E-state index in [2.05, 4.69) is 35.5 Å². The Hall–Kier alpha value is -2.99. The van der Waals surface area contributed by atoms with E-state index >= 15 is 0 Å². The van der Waals surface area contributed by atoms with Crippen LogP contribution in [0.4, 0.5) is 4.39 Å². The molecule has 2 aromatic carbocycles. The quantitative estimate of drug-likeness (QED) is 0.533. The second-order valence-electron chi connectivity index (χ2n) is 6.78. The van der Waals surface area contributed by atoms with E-state index in [-0.39, 0.29) is 11.7 Å². The van der Waals surface area contributed by atoms with Gasteiger partial charge in [-0.2, -0.15) is 5.10 Å². The molecule has 1 N–H and O–H groups in total. The number of nitrogens with zero attached hydrogens (tertiary/aromatic N) is 2. The van der Waals surface area contributed by atoms with Crippen molar-refractivity contribution in [2.24, 2.45) is 7.05 Å². The van der Waals surface area contributed by atoms with E-state index in [0.29, 0.717) is 22.7 Å². The van der Waals surface area contributed by atoms with Crippen molar-refractivity contribution in [3.63, 3.8) is 0 Å². The number of halogens is 1. The Bertz CT molecular complexity index is 1160. The number of amides is 1. The van der Waals surface area contributed by atoms with Crippen molar-refractivity contribution < 1.29 is 9.18 Å². The van der Waals surface area contributed by atoms with E-state index in [0.717, 1.165) is 16.6 Å². The molecule has 6 heteroatoms. The van der Waals surface area contributed by atoms with E-state index in [1.54, 1.807) is 28.9 Å². The van der Waals surface area contributed by atoms with E-state index < -0.39 is 0 Å². The molecular weight excluding hydrogens is 373 g/mol. The molecule has 2 aromatic heterocycles. The van der Waals surface area contributed by atoms with Gasteiger partial charge in [-0.1, -0.05) is 42.0 Å². The summed E-state index contributed by atoms with van der Waals surface area (Å²) in [5.74, 6) is -0.439. The predicted molar refractivity (Wildman–Crippen MR) is 111 cm³/mol. The van der Waals surface area contributed by atoms with Crippen LogP contribution in [-0.4, -0.2) is 22.2 Å². The highest BCUT2D eigenvalue weighted by molar-refractivity contribution is 7.20. The number of fused-ring (bicyclic) bond motifs is 1. The van der Waals surface area contributed by atoms with Gasteiger partial charge >= 0.3 is 0 Å². The van der Waals surface area contributed by atoms with Crippen LogP contribution in [-0.2, 0) is 13.5 Å². The van der Waals surface area contributed by atoms with Gasteiger partial charge in [0, 0.05) is 24.5 Å². The van der Waals surface area contributed by atoms with Crippen molar-refractivity contribution in [1.82, 2.24) is 15.1 Å². The fourth-order valence-electron chi connectivity index (χ4n) is 3.28. The minimum absolute atomic E-state index is 0.117. The van der Waals surface area contributed by atoms with Gasteiger partial charge in [-0.15, -0.1) is 11.3 Å². The Labute approximate surface area is 166 Å². The normalized spacial score (nSPS) is 11.1. The van der Waals surface area contributed by atoms with Gasteiger partial charge in [-0.25, -0.2) is 4.39 Å². The van der Waals surface area contributed by atoms with Crippen LogP contribution in [0.5, 0.6) is 0 Å². The number of carbonyl (C=O) groups excluding carboxylic acids is 1. The number of benzene rings is 2. The number of hydrogen-bond acceptors (Lipinski definition) is 3. The lowest BCUT2D eigenvalue weighted by atomic mass is 10.1. The van der Waals surface area contributed by atoms with Gasteiger partial charge in [-0.05, 0) is 37.1 Å². The summed E-state index contributed by atoms with van der Waals surface area (Å²) in [4.78, 5) is 14.0. The Morgan fingerprint density at radius 3 is 2.79 bits per heavy atom. The molecule has 0 radical (unpaired) electrons. The smallest absolute Gasteiger partial charge is 0.261 e. The first-order valence-corrected chi connectivity index (χ1v) is 9.90. The van der Waals surface area contributed by atoms with Crippen LogP contribution in [0.2, 0.25) is 0 Å². The van der Waals surface area contributed by atoms with E-state index in [4.69, 9.17) is 0 Å². The maximum absolute atomic E-state index is 14.2. The highest BCUT2D eigenvalue weighted by Crippen LogP contribution is 2.34. The lowest BCUT2D eigenvalue weighted by Gasteiger charge is -2.05. The van der Waals surface area contributed by atoms with Crippen molar-refractivity contribution >= 4 is 27.5 Å². The van der Waals surface area contributed by atoms with Gasteiger partial charge < -0.3 is 5.32 Å². The zero-order valence-corrected chi connectivity index (χ0v) is 16.5. The third kappa shape index (κ3) is 3.55. The molecule has 1 amide bonds. The Morgan fingerprint density at radius 1 is 1.18 bits per heavy atom. The first kappa shape index (κ1) is 18.4. The molecule has 2 heterocycles. The molecule has 4 nitrogen and oxygen atoms in total. The molecule has 142 valence electrons. The number of aromatic nitrogens is 2. The van der Waals surface area contributed by atoms with E-state index in [1.807, 2.05) is 13.1 Å². The lowest BCUT2D eigenvalue weighted by Crippen LogP contribution is -2.24. The number of nitrogens with one attached hydrogen (secondary N) is 1. The molecule has 4 aromatic rings. The lowest BCUT2D eigenvalue weighted by molar-refractivity contribution is 0.0958. The summed E-state index contributed by atoms with van der Waals surface area (Å²) in [5, 5.41) is 8.22. The number of aryl methyl sites for hydroxylation is 2. The molecule has 0 bridgehead atoms. The maximum Gasteiger partial charge on any atom is 0.261 e. The fourth-order valence-corrected chi connectivity index (χ4v) is 4.27. The molecule has 0 saturated carbocycles. The minimum atomic E-state index is -0.321. The first-order chi connectivity index (χ1) is 13.5. The largest absolute Gasteiger partial charge is 0.351 e. The van der Waals surface area contributed by atoms with Gasteiger partial charge in [0.15, 0.2) is 0 Å². The predicted octanol–water partition coefficient (Wildman–Crippen LogP) is 4.72. The zero-order valence-electron chi connectivity index (χ0n) is 15.7. The summed E-state index contributed by atoms with van der Waals surface area (Å²) in [6, 6.07) is 16.6. The minimum Gasteiger partial charge on any atom is -0.351 e. The van der Waals surface area contributed by atoms with Gasteiger partial charge in [0.1, 0.15) is 16.3 Å². The van der Waals surface area contributed by atoms with Crippen molar-refractivity contribution in [1.29, 1.82) is 0 Å². The van der Waals surface area contributed by atoms with Crippen LogP contribution in [0, 0.1) is 12.7 Å². The molecule has 0 unspecified atom stereocenters. The molecule has 0 fully saturated rings. The summed E-state index contributed by atoms with van der Waals surface area (Å²) in [7, 11) is 1.81. The monoisotopic (exact) mass is 393 g/mol. The number of rotatable bonds is 5. The molecule has 0 aliphatic carbocycles. The number of thiophene rings is 1.